The maximum atomic E-state index is 15.0. The number of carboxylic acids is 1. The first-order valence-electron chi connectivity index (χ1n) is 14.1. The highest BCUT2D eigenvalue weighted by molar-refractivity contribution is 5.92. The molecule has 8 heteroatoms. The molecule has 0 aliphatic heterocycles. The minimum Gasteiger partial charge on any atom is -0.481 e. The lowest BCUT2D eigenvalue weighted by atomic mass is 9.83. The molecule has 1 aromatic heterocycles. The number of hydrogen-bond acceptors (Lipinski definition) is 6. The number of esters is 1. The molecular formula is C33H39FN2O5. The summed E-state index contributed by atoms with van der Waals surface area (Å²) in [4.78, 5) is 31.3. The molecule has 1 aliphatic carbocycles. The molecule has 41 heavy (non-hydrogen) atoms. The van der Waals surface area contributed by atoms with E-state index in [-0.39, 0.29) is 18.0 Å². The lowest BCUT2D eigenvalue weighted by Crippen LogP contribution is -2.36. The van der Waals surface area contributed by atoms with Gasteiger partial charge in [-0.2, -0.15) is 0 Å². The van der Waals surface area contributed by atoms with Gasteiger partial charge < -0.3 is 14.6 Å². The molecule has 1 N–H and O–H groups in total. The predicted molar refractivity (Wildman–Crippen MR) is 156 cm³/mol. The lowest BCUT2D eigenvalue weighted by Gasteiger charge is -2.31. The maximum Gasteiger partial charge on any atom is 0.343 e. The number of nitrogens with zero attached hydrogens (tertiary/aromatic N) is 2. The maximum absolute atomic E-state index is 15.0. The fourth-order valence-corrected chi connectivity index (χ4v) is 5.54. The van der Waals surface area contributed by atoms with E-state index >= 15 is 0 Å². The molecule has 1 aliphatic rings. The van der Waals surface area contributed by atoms with Gasteiger partial charge >= 0.3 is 11.9 Å². The van der Waals surface area contributed by atoms with E-state index < -0.39 is 23.7 Å². The largest absolute Gasteiger partial charge is 0.481 e. The molecular weight excluding hydrogens is 523 g/mol. The second-order valence-electron chi connectivity index (χ2n) is 11.4. The van der Waals surface area contributed by atoms with Crippen LogP contribution in [0, 0.1) is 17.7 Å². The summed E-state index contributed by atoms with van der Waals surface area (Å²) in [5.41, 5.74) is 2.94. The van der Waals surface area contributed by atoms with Crippen LogP contribution in [0.2, 0.25) is 0 Å². The van der Waals surface area contributed by atoms with Crippen LogP contribution in [0.15, 0.2) is 54.7 Å². The van der Waals surface area contributed by atoms with Crippen molar-refractivity contribution in [2.75, 3.05) is 7.11 Å². The number of rotatable bonds is 12. The molecule has 0 bridgehead atoms. The van der Waals surface area contributed by atoms with E-state index in [9.17, 15) is 19.1 Å². The number of ether oxygens (including phenoxy) is 2. The van der Waals surface area contributed by atoms with Crippen LogP contribution in [0.3, 0.4) is 0 Å². The fourth-order valence-electron chi connectivity index (χ4n) is 5.54. The van der Waals surface area contributed by atoms with Gasteiger partial charge in [0, 0.05) is 30.3 Å². The first-order chi connectivity index (χ1) is 19.5. The Balaban J connectivity index is 1.67. The quantitative estimate of drug-likeness (QED) is 0.189. The van der Waals surface area contributed by atoms with E-state index in [1.54, 1.807) is 49.4 Å². The van der Waals surface area contributed by atoms with Gasteiger partial charge in [0.05, 0.1) is 24.8 Å². The summed E-state index contributed by atoms with van der Waals surface area (Å²) >= 11 is 0. The van der Waals surface area contributed by atoms with Crippen LogP contribution in [0.5, 0.6) is 11.6 Å². The highest BCUT2D eigenvalue weighted by Crippen LogP contribution is 2.47. The van der Waals surface area contributed by atoms with Gasteiger partial charge in [0.1, 0.15) is 11.6 Å². The van der Waals surface area contributed by atoms with Gasteiger partial charge in [0.25, 0.3) is 0 Å². The van der Waals surface area contributed by atoms with E-state index in [1.165, 1.54) is 7.11 Å². The number of aliphatic carboxylic acids is 1. The van der Waals surface area contributed by atoms with Crippen LogP contribution in [0.1, 0.15) is 74.9 Å². The smallest absolute Gasteiger partial charge is 0.343 e. The van der Waals surface area contributed by atoms with Crippen LogP contribution in [-0.4, -0.2) is 46.1 Å². The van der Waals surface area contributed by atoms with Crippen molar-refractivity contribution < 1.29 is 28.6 Å². The third kappa shape index (κ3) is 7.11. The second kappa shape index (κ2) is 12.8. The zero-order valence-corrected chi connectivity index (χ0v) is 24.6. The summed E-state index contributed by atoms with van der Waals surface area (Å²) in [6, 6.07) is 14.3. The van der Waals surface area contributed by atoms with Crippen LogP contribution in [0.25, 0.3) is 11.1 Å². The SMILES string of the molecule is COc1cc(-c2ccc(C(=O)Oc3cccc(C(C4CC4)C(C)C(=O)O)c3)cc2CN(C(C)C)C(C)C)c(F)cn1. The van der Waals surface area contributed by atoms with Crippen molar-refractivity contribution in [1.82, 2.24) is 9.88 Å². The van der Waals surface area contributed by atoms with Crippen LogP contribution >= 0.6 is 0 Å². The number of halogens is 1. The number of benzene rings is 2. The molecule has 1 heterocycles. The van der Waals surface area contributed by atoms with Gasteiger partial charge in [-0.05, 0) is 93.3 Å². The van der Waals surface area contributed by atoms with Crippen molar-refractivity contribution in [3.63, 3.8) is 0 Å². The second-order valence-corrected chi connectivity index (χ2v) is 11.4. The number of carbonyl (C=O) groups is 2. The van der Waals surface area contributed by atoms with Gasteiger partial charge in [-0.15, -0.1) is 0 Å². The molecule has 218 valence electrons. The number of pyridine rings is 1. The van der Waals surface area contributed by atoms with Gasteiger partial charge in [0.15, 0.2) is 0 Å². The normalized spacial score (nSPS) is 14.8. The minimum atomic E-state index is -0.836. The van der Waals surface area contributed by atoms with Crippen molar-refractivity contribution in [2.45, 2.75) is 72.0 Å². The Labute approximate surface area is 241 Å². The summed E-state index contributed by atoms with van der Waals surface area (Å²) in [5, 5.41) is 9.64. The van der Waals surface area contributed by atoms with Crippen LogP contribution in [-0.2, 0) is 11.3 Å². The number of carbonyl (C=O) groups excluding carboxylic acids is 1. The molecule has 4 rings (SSSR count). The Kier molecular flexibility index (Phi) is 9.43. The molecule has 0 radical (unpaired) electrons. The Morgan fingerprint density at radius 1 is 1.02 bits per heavy atom. The zero-order chi connectivity index (χ0) is 29.8. The molecule has 2 atom stereocenters. The standard InChI is InChI=1S/C33H39FN2O5/c1-19(2)36(20(3)4)18-25-14-24(12-13-27(25)28-16-30(40-6)35-17-29(28)34)33(39)41-26-9-7-8-23(15-26)31(22-10-11-22)21(5)32(37)38/h7-9,12-17,19-22,31H,10-11,18H2,1-6H3,(H,37,38). The summed E-state index contributed by atoms with van der Waals surface area (Å²) in [6.45, 7) is 10.6. The Hall–Kier alpha value is -3.78. The molecule has 0 saturated heterocycles. The number of methoxy groups -OCH3 is 1. The predicted octanol–water partition coefficient (Wildman–Crippen LogP) is 6.95. The first-order valence-corrected chi connectivity index (χ1v) is 14.1. The summed E-state index contributed by atoms with van der Waals surface area (Å²) in [6.07, 6.45) is 3.13. The molecule has 1 fully saturated rings. The summed E-state index contributed by atoms with van der Waals surface area (Å²) in [7, 11) is 1.48. The molecule has 2 aromatic carbocycles. The molecule has 0 amide bonds. The summed E-state index contributed by atoms with van der Waals surface area (Å²) in [5.74, 6) is -1.57. The van der Waals surface area contributed by atoms with Gasteiger partial charge in [-0.3, -0.25) is 9.69 Å². The topological polar surface area (TPSA) is 89.0 Å². The average Bonchev–Trinajstić information content (AvgIpc) is 3.77. The van der Waals surface area contributed by atoms with Crippen LogP contribution in [0.4, 0.5) is 4.39 Å². The monoisotopic (exact) mass is 562 g/mol. The fraction of sp³-hybridized carbons (Fsp3) is 0.424. The van der Waals surface area contributed by atoms with E-state index in [4.69, 9.17) is 9.47 Å². The van der Waals surface area contributed by atoms with E-state index in [2.05, 4.69) is 37.6 Å². The van der Waals surface area contributed by atoms with Crippen molar-refractivity contribution in [3.05, 3.63) is 77.2 Å². The molecule has 0 spiro atoms. The average molecular weight is 563 g/mol. The van der Waals surface area contributed by atoms with Gasteiger partial charge in [0.2, 0.25) is 5.88 Å². The van der Waals surface area contributed by atoms with Crippen molar-refractivity contribution in [2.24, 2.45) is 11.8 Å². The zero-order valence-electron chi connectivity index (χ0n) is 24.6. The highest BCUT2D eigenvalue weighted by atomic mass is 19.1. The van der Waals surface area contributed by atoms with E-state index in [1.807, 2.05) is 6.07 Å². The van der Waals surface area contributed by atoms with Gasteiger partial charge in [-0.1, -0.05) is 25.1 Å². The Bertz CT molecular complexity index is 1390. The van der Waals surface area contributed by atoms with E-state index in [0.717, 1.165) is 30.2 Å². The van der Waals surface area contributed by atoms with E-state index in [0.29, 0.717) is 40.8 Å². The molecule has 7 nitrogen and oxygen atoms in total. The number of hydrogen-bond donors (Lipinski definition) is 1. The third-order valence-corrected chi connectivity index (χ3v) is 7.86. The van der Waals surface area contributed by atoms with Crippen LogP contribution < -0.4 is 9.47 Å². The van der Waals surface area contributed by atoms with Crippen molar-refractivity contribution in [1.29, 1.82) is 0 Å². The Morgan fingerprint density at radius 2 is 1.73 bits per heavy atom. The van der Waals surface area contributed by atoms with Gasteiger partial charge in [-0.25, -0.2) is 14.2 Å². The highest BCUT2D eigenvalue weighted by Gasteiger charge is 2.38. The molecule has 2 unspecified atom stereocenters. The van der Waals surface area contributed by atoms with Crippen molar-refractivity contribution in [3.8, 4) is 22.8 Å². The Morgan fingerprint density at radius 3 is 2.34 bits per heavy atom. The lowest BCUT2D eigenvalue weighted by molar-refractivity contribution is -0.142. The molecule has 1 saturated carbocycles. The number of aromatic nitrogens is 1. The third-order valence-electron chi connectivity index (χ3n) is 7.86. The summed E-state index contributed by atoms with van der Waals surface area (Å²) < 4.78 is 26.0. The minimum absolute atomic E-state index is 0.137. The van der Waals surface area contributed by atoms with Crippen molar-refractivity contribution >= 4 is 11.9 Å². The first kappa shape index (κ1) is 30.2. The number of carboxylic acid groups (broad SMARTS) is 1. The molecule has 3 aromatic rings.